The molecule has 0 aromatic heterocycles. The van der Waals surface area contributed by atoms with Gasteiger partial charge < -0.3 is 4.74 Å². The number of halogens is 3. The average molecular weight is 336 g/mol. The molecule has 2 aromatic carbocycles. The molecule has 0 saturated heterocycles. The third kappa shape index (κ3) is 4.76. The summed E-state index contributed by atoms with van der Waals surface area (Å²) >= 11 is 0. The lowest BCUT2D eigenvalue weighted by molar-refractivity contribution is 0.270. The van der Waals surface area contributed by atoms with E-state index in [1.807, 2.05) is 0 Å². The Kier molecular flexibility index (Phi) is 7.16. The summed E-state index contributed by atoms with van der Waals surface area (Å²) < 4.78 is 47.6. The summed E-state index contributed by atoms with van der Waals surface area (Å²) in [7, 11) is 0. The number of benzene rings is 2. The second-order valence-corrected chi connectivity index (χ2v) is 5.85. The maximum Gasteiger partial charge on any atom is 0.204 e. The molecule has 2 rings (SSSR count). The summed E-state index contributed by atoms with van der Waals surface area (Å²) in [5.74, 6) is -3.85. The highest BCUT2D eigenvalue weighted by Gasteiger charge is 2.20. The molecule has 4 heteroatoms. The number of unbranched alkanes of at least 4 members (excludes halogenated alkanes) is 5. The summed E-state index contributed by atoms with van der Waals surface area (Å²) in [5.41, 5.74) is 0.327. The molecule has 130 valence electrons. The van der Waals surface area contributed by atoms with Gasteiger partial charge in [0.05, 0.1) is 6.61 Å². The van der Waals surface area contributed by atoms with Gasteiger partial charge in [0.25, 0.3) is 0 Å². The first kappa shape index (κ1) is 18.4. The maximum absolute atomic E-state index is 14.2. The van der Waals surface area contributed by atoms with Crippen molar-refractivity contribution in [3.05, 3.63) is 53.8 Å². The molecule has 0 amide bonds. The molecule has 0 spiro atoms. The Morgan fingerprint density at radius 3 is 2.21 bits per heavy atom. The first-order valence-electron chi connectivity index (χ1n) is 8.50. The van der Waals surface area contributed by atoms with E-state index in [0.29, 0.717) is 12.0 Å². The van der Waals surface area contributed by atoms with Crippen molar-refractivity contribution in [3.63, 3.8) is 0 Å². The smallest absolute Gasteiger partial charge is 0.204 e. The highest BCUT2D eigenvalue weighted by Crippen LogP contribution is 2.32. The SMILES string of the molecule is CCCCCCCCOc1c(F)cc(-c2ccccc2)c(F)c1F. The van der Waals surface area contributed by atoms with Crippen LogP contribution in [0.15, 0.2) is 36.4 Å². The van der Waals surface area contributed by atoms with E-state index in [0.717, 1.165) is 25.3 Å². The normalized spacial score (nSPS) is 10.8. The van der Waals surface area contributed by atoms with Crippen LogP contribution in [0.5, 0.6) is 5.75 Å². The molecule has 0 atom stereocenters. The predicted molar refractivity (Wildman–Crippen MR) is 90.6 cm³/mol. The minimum atomic E-state index is -1.26. The van der Waals surface area contributed by atoms with Crippen LogP contribution in [-0.2, 0) is 0 Å². The first-order chi connectivity index (χ1) is 11.6. The Morgan fingerprint density at radius 1 is 0.833 bits per heavy atom. The Labute approximate surface area is 141 Å². The quantitative estimate of drug-likeness (QED) is 0.374. The molecule has 24 heavy (non-hydrogen) atoms. The summed E-state index contributed by atoms with van der Waals surface area (Å²) in [6, 6.07) is 9.33. The van der Waals surface area contributed by atoms with Crippen LogP contribution in [0.1, 0.15) is 45.4 Å². The molecular formula is C20H23F3O. The second kappa shape index (κ2) is 9.36. The van der Waals surface area contributed by atoms with Crippen LogP contribution in [0.25, 0.3) is 11.1 Å². The second-order valence-electron chi connectivity index (χ2n) is 5.85. The Balaban J connectivity index is 2.00. The van der Waals surface area contributed by atoms with E-state index < -0.39 is 23.2 Å². The molecule has 0 saturated carbocycles. The van der Waals surface area contributed by atoms with Crippen molar-refractivity contribution >= 4 is 0 Å². The van der Waals surface area contributed by atoms with E-state index in [2.05, 4.69) is 6.92 Å². The van der Waals surface area contributed by atoms with Gasteiger partial charge in [-0.05, 0) is 18.1 Å². The lowest BCUT2D eigenvalue weighted by atomic mass is 10.0. The largest absolute Gasteiger partial charge is 0.488 e. The highest BCUT2D eigenvalue weighted by atomic mass is 19.2. The topological polar surface area (TPSA) is 9.23 Å². The molecule has 0 unspecified atom stereocenters. The van der Waals surface area contributed by atoms with Gasteiger partial charge in [0.15, 0.2) is 17.4 Å². The summed E-state index contributed by atoms with van der Waals surface area (Å²) in [6.45, 7) is 2.33. The highest BCUT2D eigenvalue weighted by molar-refractivity contribution is 5.65. The van der Waals surface area contributed by atoms with Crippen LogP contribution in [0.3, 0.4) is 0 Å². The molecule has 0 aliphatic heterocycles. The predicted octanol–water partition coefficient (Wildman–Crippen LogP) is 6.51. The monoisotopic (exact) mass is 336 g/mol. The van der Waals surface area contributed by atoms with Gasteiger partial charge in [-0.1, -0.05) is 69.4 Å². The third-order valence-electron chi connectivity index (χ3n) is 3.95. The minimum Gasteiger partial charge on any atom is -0.488 e. The van der Waals surface area contributed by atoms with Crippen molar-refractivity contribution in [1.29, 1.82) is 0 Å². The molecule has 1 nitrogen and oxygen atoms in total. The summed E-state index contributed by atoms with van der Waals surface area (Å²) in [4.78, 5) is 0. The zero-order valence-electron chi connectivity index (χ0n) is 14.0. The van der Waals surface area contributed by atoms with Crippen LogP contribution in [-0.4, -0.2) is 6.61 Å². The van der Waals surface area contributed by atoms with E-state index >= 15 is 0 Å². The van der Waals surface area contributed by atoms with Gasteiger partial charge in [-0.25, -0.2) is 8.78 Å². The van der Waals surface area contributed by atoms with Crippen LogP contribution < -0.4 is 4.74 Å². The molecule has 0 aliphatic rings. The van der Waals surface area contributed by atoms with Gasteiger partial charge in [0.2, 0.25) is 5.82 Å². The molecule has 0 heterocycles. The van der Waals surface area contributed by atoms with Gasteiger partial charge in [0.1, 0.15) is 0 Å². The number of ether oxygens (including phenoxy) is 1. The third-order valence-corrected chi connectivity index (χ3v) is 3.95. The van der Waals surface area contributed by atoms with Gasteiger partial charge in [0, 0.05) is 5.56 Å². The molecule has 0 aliphatic carbocycles. The van der Waals surface area contributed by atoms with Crippen molar-refractivity contribution < 1.29 is 17.9 Å². The summed E-state index contributed by atoms with van der Waals surface area (Å²) in [5, 5.41) is 0. The standard InChI is InChI=1S/C20H23F3O/c1-2-3-4-5-6-10-13-24-20-17(21)14-16(18(22)19(20)23)15-11-8-7-9-12-15/h7-9,11-12,14H,2-6,10,13H2,1H3. The van der Waals surface area contributed by atoms with Crippen molar-refractivity contribution in [2.24, 2.45) is 0 Å². The maximum atomic E-state index is 14.2. The average Bonchev–Trinajstić information content (AvgIpc) is 2.60. The molecule has 2 aromatic rings. The molecule has 0 fully saturated rings. The fourth-order valence-electron chi connectivity index (χ4n) is 2.60. The minimum absolute atomic E-state index is 0.0995. The molecular weight excluding hydrogens is 313 g/mol. The number of hydrogen-bond donors (Lipinski definition) is 0. The Bertz CT molecular complexity index is 641. The number of rotatable bonds is 9. The van der Waals surface area contributed by atoms with Gasteiger partial charge in [-0.2, -0.15) is 4.39 Å². The van der Waals surface area contributed by atoms with Crippen molar-refractivity contribution in [1.82, 2.24) is 0 Å². The van der Waals surface area contributed by atoms with Gasteiger partial charge in [-0.15, -0.1) is 0 Å². The Hall–Kier alpha value is -1.97. The van der Waals surface area contributed by atoms with Crippen LogP contribution >= 0.6 is 0 Å². The van der Waals surface area contributed by atoms with Crippen LogP contribution in [0.4, 0.5) is 13.2 Å². The fraction of sp³-hybridized carbons (Fsp3) is 0.400. The van der Waals surface area contributed by atoms with E-state index in [4.69, 9.17) is 4.74 Å². The summed E-state index contributed by atoms with van der Waals surface area (Å²) in [6.07, 6.45) is 6.22. The van der Waals surface area contributed by atoms with Crippen LogP contribution in [0.2, 0.25) is 0 Å². The van der Waals surface area contributed by atoms with E-state index in [1.165, 1.54) is 12.8 Å². The first-order valence-corrected chi connectivity index (χ1v) is 8.50. The Morgan fingerprint density at radius 2 is 1.50 bits per heavy atom. The molecule has 0 bridgehead atoms. The lowest BCUT2D eigenvalue weighted by Crippen LogP contribution is -2.04. The van der Waals surface area contributed by atoms with Crippen LogP contribution in [0, 0.1) is 17.5 Å². The van der Waals surface area contributed by atoms with Gasteiger partial charge in [-0.3, -0.25) is 0 Å². The van der Waals surface area contributed by atoms with Crippen molar-refractivity contribution in [2.75, 3.05) is 6.61 Å². The molecule has 0 N–H and O–H groups in total. The number of hydrogen-bond acceptors (Lipinski definition) is 1. The van der Waals surface area contributed by atoms with Crippen molar-refractivity contribution in [2.45, 2.75) is 45.4 Å². The van der Waals surface area contributed by atoms with Gasteiger partial charge >= 0.3 is 0 Å². The van der Waals surface area contributed by atoms with Crippen molar-refractivity contribution in [3.8, 4) is 16.9 Å². The van der Waals surface area contributed by atoms with E-state index in [-0.39, 0.29) is 12.2 Å². The zero-order chi connectivity index (χ0) is 17.4. The van der Waals surface area contributed by atoms with E-state index in [9.17, 15) is 13.2 Å². The lowest BCUT2D eigenvalue weighted by Gasteiger charge is -2.12. The molecule has 0 radical (unpaired) electrons. The fourth-order valence-corrected chi connectivity index (χ4v) is 2.60. The van der Waals surface area contributed by atoms with E-state index in [1.54, 1.807) is 30.3 Å². The zero-order valence-corrected chi connectivity index (χ0v) is 14.0.